The first-order valence-corrected chi connectivity index (χ1v) is 7.40. The maximum absolute atomic E-state index is 12.6. The molecule has 2 N–H and O–H groups in total. The highest BCUT2D eigenvalue weighted by Crippen LogP contribution is 2.19. The van der Waals surface area contributed by atoms with Gasteiger partial charge in [0.15, 0.2) is 0 Å². The number of nitrogens with zero attached hydrogens (tertiary/aromatic N) is 3. The van der Waals surface area contributed by atoms with Crippen molar-refractivity contribution in [3.05, 3.63) is 48.3 Å². The highest BCUT2D eigenvalue weighted by molar-refractivity contribution is 5.94. The number of likely N-dealkylation sites (tertiary alicyclic amines) is 1. The number of halogens is 1. The van der Waals surface area contributed by atoms with Crippen molar-refractivity contribution in [3.8, 4) is 5.69 Å². The predicted octanol–water partition coefficient (Wildman–Crippen LogP) is 2.25. The van der Waals surface area contributed by atoms with Gasteiger partial charge in [-0.05, 0) is 31.4 Å². The van der Waals surface area contributed by atoms with Crippen molar-refractivity contribution >= 4 is 18.3 Å². The number of hydrogen-bond donors (Lipinski definition) is 1. The van der Waals surface area contributed by atoms with Crippen LogP contribution in [-0.2, 0) is 0 Å². The lowest BCUT2D eigenvalue weighted by Gasteiger charge is -2.34. The van der Waals surface area contributed by atoms with E-state index in [4.69, 9.17) is 5.73 Å². The largest absolute Gasteiger partial charge is 0.334 e. The molecule has 1 aliphatic rings. The molecule has 1 atom stereocenters. The average molecular weight is 321 g/mol. The summed E-state index contributed by atoms with van der Waals surface area (Å²) in [6, 6.07) is 9.95. The van der Waals surface area contributed by atoms with Crippen LogP contribution in [0.2, 0.25) is 0 Å². The summed E-state index contributed by atoms with van der Waals surface area (Å²) >= 11 is 0. The van der Waals surface area contributed by atoms with E-state index in [1.165, 1.54) is 0 Å². The average Bonchev–Trinajstić information content (AvgIpc) is 3.05. The van der Waals surface area contributed by atoms with Crippen LogP contribution in [0.4, 0.5) is 0 Å². The molecular formula is C16H21ClN4O. The van der Waals surface area contributed by atoms with Crippen LogP contribution in [0.5, 0.6) is 0 Å². The fourth-order valence-electron chi connectivity index (χ4n) is 2.83. The number of piperidine rings is 1. The highest BCUT2D eigenvalue weighted by atomic mass is 35.5. The SMILES string of the molecule is Cl.NCC1CCCCN1C(=O)c1cnn(-c2ccccc2)c1. The molecule has 0 aliphatic carbocycles. The molecule has 22 heavy (non-hydrogen) atoms. The van der Waals surface area contributed by atoms with E-state index in [2.05, 4.69) is 5.10 Å². The first-order chi connectivity index (χ1) is 10.3. The summed E-state index contributed by atoms with van der Waals surface area (Å²) in [5, 5.41) is 4.29. The van der Waals surface area contributed by atoms with Gasteiger partial charge in [0.1, 0.15) is 0 Å². The quantitative estimate of drug-likeness (QED) is 0.943. The molecule has 1 aliphatic heterocycles. The molecule has 1 unspecified atom stereocenters. The summed E-state index contributed by atoms with van der Waals surface area (Å²) < 4.78 is 1.73. The first kappa shape index (κ1) is 16.5. The second kappa shape index (κ2) is 7.42. The van der Waals surface area contributed by atoms with Gasteiger partial charge in [-0.1, -0.05) is 18.2 Å². The molecule has 0 bridgehead atoms. The molecule has 1 aromatic carbocycles. The molecule has 1 saturated heterocycles. The van der Waals surface area contributed by atoms with Crippen molar-refractivity contribution in [3.63, 3.8) is 0 Å². The summed E-state index contributed by atoms with van der Waals surface area (Å²) in [4.78, 5) is 14.5. The van der Waals surface area contributed by atoms with Crippen LogP contribution < -0.4 is 5.73 Å². The van der Waals surface area contributed by atoms with E-state index in [0.29, 0.717) is 12.1 Å². The summed E-state index contributed by atoms with van der Waals surface area (Å²) in [6.07, 6.45) is 6.62. The number of hydrogen-bond acceptors (Lipinski definition) is 3. The molecular weight excluding hydrogens is 300 g/mol. The van der Waals surface area contributed by atoms with Gasteiger partial charge in [0.05, 0.1) is 17.4 Å². The molecule has 1 aromatic heterocycles. The molecule has 0 spiro atoms. The Bertz CT molecular complexity index is 614. The number of amides is 1. The van der Waals surface area contributed by atoms with E-state index in [9.17, 15) is 4.79 Å². The summed E-state index contributed by atoms with van der Waals surface area (Å²) in [7, 11) is 0. The third-order valence-corrected chi connectivity index (χ3v) is 4.01. The fraction of sp³-hybridized carbons (Fsp3) is 0.375. The van der Waals surface area contributed by atoms with Crippen LogP contribution >= 0.6 is 12.4 Å². The Balaban J connectivity index is 0.00000176. The summed E-state index contributed by atoms with van der Waals surface area (Å²) in [5.41, 5.74) is 7.36. The molecule has 1 fully saturated rings. The lowest BCUT2D eigenvalue weighted by molar-refractivity contribution is 0.0623. The van der Waals surface area contributed by atoms with Gasteiger partial charge in [0, 0.05) is 25.3 Å². The normalized spacial score (nSPS) is 17.9. The molecule has 118 valence electrons. The van der Waals surface area contributed by atoms with E-state index in [1.807, 2.05) is 35.2 Å². The second-order valence-electron chi connectivity index (χ2n) is 5.39. The third-order valence-electron chi connectivity index (χ3n) is 4.01. The molecule has 2 aromatic rings. The minimum atomic E-state index is 0. The van der Waals surface area contributed by atoms with Crippen molar-refractivity contribution in [1.82, 2.24) is 14.7 Å². The Labute approximate surface area is 136 Å². The molecule has 5 nitrogen and oxygen atoms in total. The van der Waals surface area contributed by atoms with Crippen molar-refractivity contribution in [2.45, 2.75) is 25.3 Å². The molecule has 2 heterocycles. The Kier molecular flexibility index (Phi) is 5.57. The number of rotatable bonds is 3. The van der Waals surface area contributed by atoms with Gasteiger partial charge in [-0.3, -0.25) is 4.79 Å². The summed E-state index contributed by atoms with van der Waals surface area (Å²) in [5.74, 6) is 0.0346. The van der Waals surface area contributed by atoms with E-state index < -0.39 is 0 Å². The molecule has 1 amide bonds. The van der Waals surface area contributed by atoms with Gasteiger partial charge in [-0.15, -0.1) is 12.4 Å². The zero-order valence-electron chi connectivity index (χ0n) is 12.4. The van der Waals surface area contributed by atoms with E-state index in [1.54, 1.807) is 17.1 Å². The Morgan fingerprint density at radius 1 is 1.27 bits per heavy atom. The van der Waals surface area contributed by atoms with Crippen LogP contribution in [0.15, 0.2) is 42.7 Å². The standard InChI is InChI=1S/C16H20N4O.ClH/c17-10-15-8-4-5-9-19(15)16(21)13-11-18-20(12-13)14-6-2-1-3-7-14;/h1-3,6-7,11-12,15H,4-5,8-10,17H2;1H. The number of carbonyl (C=O) groups is 1. The number of benzene rings is 1. The monoisotopic (exact) mass is 320 g/mol. The number of para-hydroxylation sites is 1. The Morgan fingerprint density at radius 2 is 2.05 bits per heavy atom. The molecule has 6 heteroatoms. The van der Waals surface area contributed by atoms with E-state index in [0.717, 1.165) is 31.5 Å². The minimum Gasteiger partial charge on any atom is -0.334 e. The maximum atomic E-state index is 12.6. The highest BCUT2D eigenvalue weighted by Gasteiger charge is 2.27. The van der Waals surface area contributed by atoms with Gasteiger partial charge in [-0.25, -0.2) is 4.68 Å². The zero-order valence-corrected chi connectivity index (χ0v) is 13.2. The van der Waals surface area contributed by atoms with Crippen molar-refractivity contribution in [2.24, 2.45) is 5.73 Å². The Morgan fingerprint density at radius 3 is 2.77 bits per heavy atom. The smallest absolute Gasteiger partial charge is 0.257 e. The van der Waals surface area contributed by atoms with Crippen LogP contribution in [0, 0.1) is 0 Å². The van der Waals surface area contributed by atoms with Crippen molar-refractivity contribution < 1.29 is 4.79 Å². The third kappa shape index (κ3) is 3.31. The second-order valence-corrected chi connectivity index (χ2v) is 5.39. The van der Waals surface area contributed by atoms with E-state index in [-0.39, 0.29) is 24.4 Å². The minimum absolute atomic E-state index is 0. The van der Waals surface area contributed by atoms with Crippen LogP contribution in [0.1, 0.15) is 29.6 Å². The predicted molar refractivity (Wildman–Crippen MR) is 88.5 cm³/mol. The van der Waals surface area contributed by atoms with Gasteiger partial charge in [0.25, 0.3) is 5.91 Å². The van der Waals surface area contributed by atoms with Gasteiger partial charge in [-0.2, -0.15) is 5.10 Å². The molecule has 3 rings (SSSR count). The maximum Gasteiger partial charge on any atom is 0.257 e. The van der Waals surface area contributed by atoms with Crippen LogP contribution in [-0.4, -0.2) is 39.7 Å². The van der Waals surface area contributed by atoms with Gasteiger partial charge < -0.3 is 10.6 Å². The van der Waals surface area contributed by atoms with E-state index >= 15 is 0 Å². The Hall–Kier alpha value is -1.85. The van der Waals surface area contributed by atoms with Crippen LogP contribution in [0.25, 0.3) is 5.69 Å². The van der Waals surface area contributed by atoms with Crippen molar-refractivity contribution in [2.75, 3.05) is 13.1 Å². The molecule has 0 saturated carbocycles. The first-order valence-electron chi connectivity index (χ1n) is 7.40. The van der Waals surface area contributed by atoms with Crippen molar-refractivity contribution in [1.29, 1.82) is 0 Å². The zero-order chi connectivity index (χ0) is 14.7. The summed E-state index contributed by atoms with van der Waals surface area (Å²) in [6.45, 7) is 1.32. The van der Waals surface area contributed by atoms with Gasteiger partial charge >= 0.3 is 0 Å². The number of carbonyl (C=O) groups excluding carboxylic acids is 1. The van der Waals surface area contributed by atoms with Crippen LogP contribution in [0.3, 0.4) is 0 Å². The van der Waals surface area contributed by atoms with Gasteiger partial charge in [0.2, 0.25) is 0 Å². The number of nitrogens with two attached hydrogens (primary N) is 1. The lowest BCUT2D eigenvalue weighted by Crippen LogP contribution is -2.47. The topological polar surface area (TPSA) is 64.2 Å². The number of aromatic nitrogens is 2. The fourth-order valence-corrected chi connectivity index (χ4v) is 2.83. The molecule has 0 radical (unpaired) electrons. The lowest BCUT2D eigenvalue weighted by atomic mass is 10.0.